The first-order valence-corrected chi connectivity index (χ1v) is 4.80. The SMILES string of the molecule is Nc1cc(Cl)c(C(O)C(O)CCl)cn1. The molecule has 0 radical (unpaired) electrons. The van der Waals surface area contributed by atoms with Crippen molar-refractivity contribution in [1.82, 2.24) is 4.98 Å². The Labute approximate surface area is 91.3 Å². The first-order valence-electron chi connectivity index (χ1n) is 3.89. The summed E-state index contributed by atoms with van der Waals surface area (Å²) >= 11 is 11.2. The highest BCUT2D eigenvalue weighted by atomic mass is 35.5. The largest absolute Gasteiger partial charge is 0.389 e. The molecule has 0 amide bonds. The molecule has 14 heavy (non-hydrogen) atoms. The third kappa shape index (κ3) is 2.48. The van der Waals surface area contributed by atoms with Crippen LogP contribution in [0.15, 0.2) is 12.3 Å². The summed E-state index contributed by atoms with van der Waals surface area (Å²) in [7, 11) is 0. The van der Waals surface area contributed by atoms with Crippen LogP contribution in [0.2, 0.25) is 5.02 Å². The third-order valence-electron chi connectivity index (χ3n) is 1.74. The van der Waals surface area contributed by atoms with E-state index >= 15 is 0 Å². The van der Waals surface area contributed by atoms with E-state index in [-0.39, 0.29) is 16.7 Å². The van der Waals surface area contributed by atoms with E-state index in [0.717, 1.165) is 0 Å². The van der Waals surface area contributed by atoms with Gasteiger partial charge in [0.25, 0.3) is 0 Å². The van der Waals surface area contributed by atoms with Crippen molar-refractivity contribution in [2.24, 2.45) is 0 Å². The van der Waals surface area contributed by atoms with Gasteiger partial charge in [-0.1, -0.05) is 11.6 Å². The molecule has 0 aliphatic rings. The molecule has 0 saturated heterocycles. The molecule has 4 N–H and O–H groups in total. The summed E-state index contributed by atoms with van der Waals surface area (Å²) in [4.78, 5) is 3.76. The number of nitrogens with two attached hydrogens (primary N) is 1. The normalized spacial score (nSPS) is 15.1. The van der Waals surface area contributed by atoms with E-state index in [0.29, 0.717) is 5.56 Å². The minimum absolute atomic E-state index is 0.0815. The molecule has 0 bridgehead atoms. The number of aliphatic hydroxyl groups excluding tert-OH is 2. The van der Waals surface area contributed by atoms with Gasteiger partial charge in [0, 0.05) is 11.8 Å². The Bertz CT molecular complexity index is 322. The highest BCUT2D eigenvalue weighted by molar-refractivity contribution is 6.31. The zero-order chi connectivity index (χ0) is 10.7. The van der Waals surface area contributed by atoms with Crippen molar-refractivity contribution >= 4 is 29.0 Å². The fraction of sp³-hybridized carbons (Fsp3) is 0.375. The Morgan fingerprint density at radius 2 is 2.14 bits per heavy atom. The molecule has 0 fully saturated rings. The first kappa shape index (κ1) is 11.5. The van der Waals surface area contributed by atoms with E-state index in [1.165, 1.54) is 12.3 Å². The van der Waals surface area contributed by atoms with Crippen molar-refractivity contribution in [1.29, 1.82) is 0 Å². The minimum Gasteiger partial charge on any atom is -0.389 e. The van der Waals surface area contributed by atoms with E-state index in [2.05, 4.69) is 4.98 Å². The zero-order valence-electron chi connectivity index (χ0n) is 7.19. The molecule has 4 nitrogen and oxygen atoms in total. The van der Waals surface area contributed by atoms with Crippen molar-refractivity contribution < 1.29 is 10.2 Å². The molecule has 0 saturated carbocycles. The second-order valence-electron chi connectivity index (χ2n) is 2.80. The number of halogens is 2. The summed E-state index contributed by atoms with van der Waals surface area (Å²) < 4.78 is 0. The maximum absolute atomic E-state index is 9.56. The lowest BCUT2D eigenvalue weighted by atomic mass is 10.1. The number of alkyl halides is 1. The van der Waals surface area contributed by atoms with Crippen LogP contribution in [0, 0.1) is 0 Å². The van der Waals surface area contributed by atoms with Gasteiger partial charge in [0.1, 0.15) is 11.9 Å². The molecular weight excluding hydrogens is 227 g/mol. The average molecular weight is 237 g/mol. The van der Waals surface area contributed by atoms with Crippen LogP contribution in [0.4, 0.5) is 5.82 Å². The summed E-state index contributed by atoms with van der Waals surface area (Å²) in [5.41, 5.74) is 5.68. The number of aromatic nitrogens is 1. The van der Waals surface area contributed by atoms with Crippen LogP contribution in [0.5, 0.6) is 0 Å². The Balaban J connectivity index is 2.95. The highest BCUT2D eigenvalue weighted by Gasteiger charge is 2.20. The van der Waals surface area contributed by atoms with Crippen LogP contribution in [0.1, 0.15) is 11.7 Å². The van der Waals surface area contributed by atoms with Crippen molar-refractivity contribution in [3.05, 3.63) is 22.8 Å². The number of hydrogen-bond donors (Lipinski definition) is 3. The quantitative estimate of drug-likeness (QED) is 0.684. The Morgan fingerprint density at radius 1 is 1.50 bits per heavy atom. The van der Waals surface area contributed by atoms with E-state index in [9.17, 15) is 10.2 Å². The summed E-state index contributed by atoms with van der Waals surface area (Å²) in [6.45, 7) is 0. The molecule has 0 aliphatic heterocycles. The second kappa shape index (κ2) is 4.79. The highest BCUT2D eigenvalue weighted by Crippen LogP contribution is 2.26. The van der Waals surface area contributed by atoms with Gasteiger partial charge in [-0.15, -0.1) is 11.6 Å². The lowest BCUT2D eigenvalue weighted by molar-refractivity contribution is 0.0326. The third-order valence-corrected chi connectivity index (χ3v) is 2.39. The molecule has 2 atom stereocenters. The number of aliphatic hydroxyl groups is 2. The van der Waals surface area contributed by atoms with Gasteiger partial charge >= 0.3 is 0 Å². The standard InChI is InChI=1S/C8H10Cl2N2O2/c9-2-6(13)8(14)4-3-12-7(11)1-5(4)10/h1,3,6,8,13-14H,2H2,(H2,11,12). The monoisotopic (exact) mass is 236 g/mol. The second-order valence-corrected chi connectivity index (χ2v) is 3.51. The number of anilines is 1. The van der Waals surface area contributed by atoms with Gasteiger partial charge in [-0.3, -0.25) is 0 Å². The summed E-state index contributed by atoms with van der Waals surface area (Å²) in [5, 5.41) is 19.1. The van der Waals surface area contributed by atoms with E-state index < -0.39 is 12.2 Å². The van der Waals surface area contributed by atoms with E-state index in [1.807, 2.05) is 0 Å². The molecule has 6 heteroatoms. The van der Waals surface area contributed by atoms with Crippen LogP contribution >= 0.6 is 23.2 Å². The number of rotatable bonds is 3. The molecule has 1 aromatic heterocycles. The molecule has 78 valence electrons. The van der Waals surface area contributed by atoms with E-state index in [1.54, 1.807) is 0 Å². The van der Waals surface area contributed by atoms with Gasteiger partial charge in [-0.2, -0.15) is 0 Å². The predicted octanol–water partition coefficient (Wildman–Crippen LogP) is 0.950. The summed E-state index contributed by atoms with van der Waals surface area (Å²) in [5.74, 6) is 0.174. The van der Waals surface area contributed by atoms with Crippen LogP contribution in [0.25, 0.3) is 0 Å². The van der Waals surface area contributed by atoms with Gasteiger partial charge in [0.05, 0.1) is 17.0 Å². The minimum atomic E-state index is -1.15. The molecule has 1 aromatic rings. The number of pyridine rings is 1. The van der Waals surface area contributed by atoms with Crippen LogP contribution < -0.4 is 5.73 Å². The maximum atomic E-state index is 9.56. The average Bonchev–Trinajstić information content (AvgIpc) is 2.15. The summed E-state index contributed by atoms with van der Waals surface area (Å²) in [6.07, 6.45) is -0.898. The topological polar surface area (TPSA) is 79.4 Å². The number of nitrogens with zero attached hydrogens (tertiary/aromatic N) is 1. The Morgan fingerprint density at radius 3 is 2.64 bits per heavy atom. The number of nitrogen functional groups attached to an aromatic ring is 1. The van der Waals surface area contributed by atoms with Crippen molar-refractivity contribution in [2.45, 2.75) is 12.2 Å². The van der Waals surface area contributed by atoms with Gasteiger partial charge in [0.2, 0.25) is 0 Å². The van der Waals surface area contributed by atoms with Crippen LogP contribution in [0.3, 0.4) is 0 Å². The molecule has 1 heterocycles. The summed E-state index contributed by atoms with van der Waals surface area (Å²) in [6, 6.07) is 1.40. The van der Waals surface area contributed by atoms with Crippen molar-refractivity contribution in [2.75, 3.05) is 11.6 Å². The molecule has 0 spiro atoms. The fourth-order valence-electron chi connectivity index (χ4n) is 0.965. The van der Waals surface area contributed by atoms with Crippen molar-refractivity contribution in [3.8, 4) is 0 Å². The Kier molecular flexibility index (Phi) is 3.95. The van der Waals surface area contributed by atoms with Crippen LogP contribution in [-0.2, 0) is 0 Å². The molecule has 0 aliphatic carbocycles. The first-order chi connectivity index (χ1) is 6.56. The molecular formula is C8H10Cl2N2O2. The molecule has 2 unspecified atom stereocenters. The van der Waals surface area contributed by atoms with Gasteiger partial charge in [-0.05, 0) is 6.07 Å². The van der Waals surface area contributed by atoms with Crippen LogP contribution in [-0.4, -0.2) is 27.2 Å². The Hall–Kier alpha value is -0.550. The smallest absolute Gasteiger partial charge is 0.124 e. The molecule has 0 aromatic carbocycles. The van der Waals surface area contributed by atoms with Crippen molar-refractivity contribution in [3.63, 3.8) is 0 Å². The van der Waals surface area contributed by atoms with Gasteiger partial charge in [-0.25, -0.2) is 4.98 Å². The zero-order valence-corrected chi connectivity index (χ0v) is 8.70. The maximum Gasteiger partial charge on any atom is 0.124 e. The van der Waals surface area contributed by atoms with Gasteiger partial charge < -0.3 is 15.9 Å². The predicted molar refractivity (Wildman–Crippen MR) is 55.3 cm³/mol. The van der Waals surface area contributed by atoms with Gasteiger partial charge in [0.15, 0.2) is 0 Å². The lowest BCUT2D eigenvalue weighted by Crippen LogP contribution is -2.20. The van der Waals surface area contributed by atoms with E-state index in [4.69, 9.17) is 28.9 Å². The number of hydrogen-bond acceptors (Lipinski definition) is 4. The lowest BCUT2D eigenvalue weighted by Gasteiger charge is -2.16. The molecule has 1 rings (SSSR count). The fourth-order valence-corrected chi connectivity index (χ4v) is 1.41.